The molecule has 3 aromatic carbocycles. The zero-order chi connectivity index (χ0) is 19.9. The van der Waals surface area contributed by atoms with Gasteiger partial charge < -0.3 is 4.74 Å². The Morgan fingerprint density at radius 1 is 0.724 bits per heavy atom. The van der Waals surface area contributed by atoms with E-state index in [9.17, 15) is 0 Å². The van der Waals surface area contributed by atoms with Crippen molar-refractivity contribution in [2.24, 2.45) is 0 Å². The van der Waals surface area contributed by atoms with Gasteiger partial charge in [0.05, 0.1) is 12.3 Å². The molecule has 0 unspecified atom stereocenters. The van der Waals surface area contributed by atoms with Crippen molar-refractivity contribution < 1.29 is 4.74 Å². The standard InChI is InChI=1S/C27H27NO/c1-2-3-4-10-17-29-27-19-24(18-22-13-8-9-14-25(22)27)26-16-15-23(20-28-26)21-11-6-5-7-12-21/h5-9,11-16,18-20H,2-4,10,17H2,1H3. The third-order valence-electron chi connectivity index (χ3n) is 5.25. The lowest BCUT2D eigenvalue weighted by molar-refractivity contribution is 0.308. The first-order chi connectivity index (χ1) is 14.3. The molecule has 0 saturated carbocycles. The van der Waals surface area contributed by atoms with Crippen molar-refractivity contribution in [1.82, 2.24) is 4.98 Å². The Hall–Kier alpha value is -3.13. The predicted molar refractivity (Wildman–Crippen MR) is 122 cm³/mol. The number of ether oxygens (including phenoxy) is 1. The summed E-state index contributed by atoms with van der Waals surface area (Å²) >= 11 is 0. The van der Waals surface area contributed by atoms with Gasteiger partial charge in [0.15, 0.2) is 0 Å². The molecule has 0 spiro atoms. The van der Waals surface area contributed by atoms with Gasteiger partial charge in [-0.15, -0.1) is 0 Å². The smallest absolute Gasteiger partial charge is 0.127 e. The Balaban J connectivity index is 1.61. The second kappa shape index (κ2) is 9.38. The summed E-state index contributed by atoms with van der Waals surface area (Å²) in [6.07, 6.45) is 6.77. The van der Waals surface area contributed by atoms with E-state index in [1.54, 1.807) is 0 Å². The van der Waals surface area contributed by atoms with Gasteiger partial charge in [0.2, 0.25) is 0 Å². The van der Waals surface area contributed by atoms with Crippen LogP contribution in [0.3, 0.4) is 0 Å². The summed E-state index contributed by atoms with van der Waals surface area (Å²) in [4.78, 5) is 4.74. The fraction of sp³-hybridized carbons (Fsp3) is 0.222. The zero-order valence-electron chi connectivity index (χ0n) is 17.0. The topological polar surface area (TPSA) is 22.1 Å². The maximum Gasteiger partial charge on any atom is 0.127 e. The van der Waals surface area contributed by atoms with Crippen molar-refractivity contribution in [3.8, 4) is 28.1 Å². The van der Waals surface area contributed by atoms with Crippen molar-refractivity contribution in [3.63, 3.8) is 0 Å². The summed E-state index contributed by atoms with van der Waals surface area (Å²) < 4.78 is 6.19. The number of fused-ring (bicyclic) bond motifs is 1. The van der Waals surface area contributed by atoms with Crippen LogP contribution in [0.1, 0.15) is 32.6 Å². The van der Waals surface area contributed by atoms with Crippen molar-refractivity contribution in [2.45, 2.75) is 32.6 Å². The molecule has 0 N–H and O–H groups in total. The van der Waals surface area contributed by atoms with E-state index in [1.165, 1.54) is 30.2 Å². The molecule has 4 aromatic rings. The minimum atomic E-state index is 0.758. The van der Waals surface area contributed by atoms with Crippen LogP contribution in [0.5, 0.6) is 5.75 Å². The van der Waals surface area contributed by atoms with E-state index >= 15 is 0 Å². The van der Waals surface area contributed by atoms with Gasteiger partial charge in [-0.25, -0.2) is 0 Å². The maximum atomic E-state index is 6.19. The van der Waals surface area contributed by atoms with Gasteiger partial charge in [-0.2, -0.15) is 0 Å². The molecule has 1 heterocycles. The zero-order valence-corrected chi connectivity index (χ0v) is 17.0. The molecule has 29 heavy (non-hydrogen) atoms. The number of hydrogen-bond donors (Lipinski definition) is 0. The third-order valence-corrected chi connectivity index (χ3v) is 5.25. The molecule has 0 aliphatic rings. The summed E-state index contributed by atoms with van der Waals surface area (Å²) in [5, 5.41) is 2.34. The third kappa shape index (κ3) is 4.65. The molecular weight excluding hydrogens is 354 g/mol. The predicted octanol–water partition coefficient (Wildman–Crippen LogP) is 7.53. The second-order valence-corrected chi connectivity index (χ2v) is 7.40. The summed E-state index contributed by atoms with van der Waals surface area (Å²) in [5.41, 5.74) is 4.36. The van der Waals surface area contributed by atoms with Crippen molar-refractivity contribution in [1.29, 1.82) is 0 Å². The van der Waals surface area contributed by atoms with Crippen molar-refractivity contribution >= 4 is 10.8 Å². The van der Waals surface area contributed by atoms with Gasteiger partial charge in [-0.1, -0.05) is 86.8 Å². The van der Waals surface area contributed by atoms with Crippen LogP contribution in [0.4, 0.5) is 0 Å². The molecule has 0 aliphatic heterocycles. The van der Waals surface area contributed by atoms with Crippen LogP contribution in [0.25, 0.3) is 33.2 Å². The molecule has 2 nitrogen and oxygen atoms in total. The molecule has 0 radical (unpaired) electrons. The Bertz CT molecular complexity index is 1050. The van der Waals surface area contributed by atoms with Gasteiger partial charge in [0, 0.05) is 22.7 Å². The summed E-state index contributed by atoms with van der Waals surface area (Å²) in [6.45, 7) is 2.99. The van der Waals surface area contributed by atoms with E-state index in [-0.39, 0.29) is 0 Å². The fourth-order valence-electron chi connectivity index (χ4n) is 3.62. The van der Waals surface area contributed by atoms with Crippen LogP contribution in [0, 0.1) is 0 Å². The van der Waals surface area contributed by atoms with E-state index in [0.29, 0.717) is 0 Å². The Morgan fingerprint density at radius 3 is 2.34 bits per heavy atom. The quantitative estimate of drug-likeness (QED) is 0.294. The van der Waals surface area contributed by atoms with E-state index < -0.39 is 0 Å². The highest BCUT2D eigenvalue weighted by Crippen LogP contribution is 2.32. The van der Waals surface area contributed by atoms with Crippen LogP contribution in [0.15, 0.2) is 85.1 Å². The normalized spacial score (nSPS) is 10.9. The fourth-order valence-corrected chi connectivity index (χ4v) is 3.62. The average Bonchev–Trinajstić information content (AvgIpc) is 2.79. The second-order valence-electron chi connectivity index (χ2n) is 7.40. The van der Waals surface area contributed by atoms with E-state index in [0.717, 1.165) is 41.0 Å². The molecule has 146 valence electrons. The lowest BCUT2D eigenvalue weighted by atomic mass is 10.0. The van der Waals surface area contributed by atoms with E-state index in [1.807, 2.05) is 12.3 Å². The molecular formula is C27H27NO. The highest BCUT2D eigenvalue weighted by molar-refractivity contribution is 5.92. The first kappa shape index (κ1) is 19.2. The van der Waals surface area contributed by atoms with Crippen molar-refractivity contribution in [2.75, 3.05) is 6.61 Å². The molecule has 0 saturated heterocycles. The average molecular weight is 382 g/mol. The number of hydrogen-bond acceptors (Lipinski definition) is 2. The van der Waals surface area contributed by atoms with Gasteiger partial charge >= 0.3 is 0 Å². The van der Waals surface area contributed by atoms with Crippen LogP contribution in [-0.2, 0) is 0 Å². The molecule has 0 fully saturated rings. The number of aromatic nitrogens is 1. The summed E-state index contributed by atoms with van der Waals surface area (Å²) in [5.74, 6) is 0.948. The van der Waals surface area contributed by atoms with E-state index in [2.05, 4.69) is 79.7 Å². The van der Waals surface area contributed by atoms with Gasteiger partial charge in [0.25, 0.3) is 0 Å². The molecule has 0 amide bonds. The molecule has 0 bridgehead atoms. The van der Waals surface area contributed by atoms with Crippen LogP contribution in [0.2, 0.25) is 0 Å². The van der Waals surface area contributed by atoms with Gasteiger partial charge in [0.1, 0.15) is 5.75 Å². The van der Waals surface area contributed by atoms with Gasteiger partial charge in [-0.05, 0) is 35.6 Å². The maximum absolute atomic E-state index is 6.19. The van der Waals surface area contributed by atoms with Crippen LogP contribution >= 0.6 is 0 Å². The number of nitrogens with zero attached hydrogens (tertiary/aromatic N) is 1. The number of unbranched alkanes of at least 4 members (excludes halogenated alkanes) is 3. The van der Waals surface area contributed by atoms with Crippen molar-refractivity contribution in [3.05, 3.63) is 85.1 Å². The highest BCUT2D eigenvalue weighted by Gasteiger charge is 2.08. The van der Waals surface area contributed by atoms with Crippen LogP contribution < -0.4 is 4.74 Å². The summed E-state index contributed by atoms with van der Waals surface area (Å²) in [7, 11) is 0. The number of rotatable bonds is 8. The largest absolute Gasteiger partial charge is 0.493 e. The monoisotopic (exact) mass is 381 g/mol. The molecule has 2 heteroatoms. The number of pyridine rings is 1. The Kier molecular flexibility index (Phi) is 6.21. The lowest BCUT2D eigenvalue weighted by Gasteiger charge is -2.12. The van der Waals surface area contributed by atoms with Crippen LogP contribution in [-0.4, -0.2) is 11.6 Å². The Morgan fingerprint density at radius 2 is 1.55 bits per heavy atom. The highest BCUT2D eigenvalue weighted by atomic mass is 16.5. The number of benzene rings is 3. The Labute approximate surface area is 173 Å². The SMILES string of the molecule is CCCCCCOc1cc(-c2ccc(-c3ccccc3)cn2)cc2ccccc12. The minimum absolute atomic E-state index is 0.758. The minimum Gasteiger partial charge on any atom is -0.493 e. The van der Waals surface area contributed by atoms with E-state index in [4.69, 9.17) is 9.72 Å². The molecule has 0 atom stereocenters. The lowest BCUT2D eigenvalue weighted by Crippen LogP contribution is -1.98. The molecule has 4 rings (SSSR count). The summed E-state index contributed by atoms with van der Waals surface area (Å²) in [6, 6.07) is 27.3. The first-order valence-corrected chi connectivity index (χ1v) is 10.5. The van der Waals surface area contributed by atoms with Gasteiger partial charge in [-0.3, -0.25) is 4.98 Å². The first-order valence-electron chi connectivity index (χ1n) is 10.5. The molecule has 1 aromatic heterocycles. The molecule has 0 aliphatic carbocycles.